The summed E-state index contributed by atoms with van der Waals surface area (Å²) in [5.74, 6) is -3.03. The molecule has 5 unspecified atom stereocenters. The van der Waals surface area contributed by atoms with Crippen LogP contribution in [-0.2, 0) is 19.2 Å². The van der Waals surface area contributed by atoms with Crippen molar-refractivity contribution in [1.29, 1.82) is 0 Å². The SMILES string of the molecule is CC(NC(=O)C(NC(=O)C(C)NC(=O)C1CCCN1)C(C)O)C(=O)O. The summed E-state index contributed by atoms with van der Waals surface area (Å²) in [6, 6.07) is -3.77. The minimum absolute atomic E-state index is 0.308. The number of carboxylic acids is 1. The van der Waals surface area contributed by atoms with Gasteiger partial charge in [-0.1, -0.05) is 0 Å². The molecule has 142 valence electrons. The normalized spacial score (nSPS) is 21.5. The Morgan fingerprint density at radius 2 is 1.64 bits per heavy atom. The average Bonchev–Trinajstić information content (AvgIpc) is 3.05. The summed E-state index contributed by atoms with van der Waals surface area (Å²) >= 11 is 0. The molecular formula is C15H26N4O6. The average molecular weight is 358 g/mol. The van der Waals surface area contributed by atoms with Crippen LogP contribution in [0.2, 0.25) is 0 Å². The summed E-state index contributed by atoms with van der Waals surface area (Å²) < 4.78 is 0. The van der Waals surface area contributed by atoms with Crippen molar-refractivity contribution in [1.82, 2.24) is 21.3 Å². The van der Waals surface area contributed by atoms with Gasteiger partial charge in [-0.05, 0) is 40.2 Å². The van der Waals surface area contributed by atoms with Crippen molar-refractivity contribution >= 4 is 23.7 Å². The number of amides is 3. The highest BCUT2D eigenvalue weighted by molar-refractivity contribution is 5.94. The maximum absolute atomic E-state index is 12.2. The van der Waals surface area contributed by atoms with E-state index in [4.69, 9.17) is 5.11 Å². The van der Waals surface area contributed by atoms with Crippen LogP contribution in [-0.4, -0.2) is 70.7 Å². The predicted molar refractivity (Wildman–Crippen MR) is 87.5 cm³/mol. The molecule has 1 aliphatic rings. The molecule has 0 aromatic rings. The number of aliphatic carboxylic acids is 1. The second-order valence-electron chi connectivity index (χ2n) is 6.17. The standard InChI is InChI=1S/C15H26N4O6/c1-7(17-13(22)10-5-4-6-16-10)12(21)19-11(9(3)20)14(23)18-8(2)15(24)25/h7-11,16,20H,4-6H2,1-3H3,(H,17,22)(H,18,23)(H,19,21)(H,24,25). The van der Waals surface area contributed by atoms with Crippen molar-refractivity contribution in [3.8, 4) is 0 Å². The Bertz CT molecular complexity index is 518. The number of rotatable bonds is 8. The van der Waals surface area contributed by atoms with Crippen molar-refractivity contribution in [3.63, 3.8) is 0 Å². The number of aliphatic hydroxyl groups excluding tert-OH is 1. The Balaban J connectivity index is 2.60. The van der Waals surface area contributed by atoms with E-state index in [2.05, 4.69) is 21.3 Å². The third-order valence-electron chi connectivity index (χ3n) is 3.92. The molecular weight excluding hydrogens is 332 g/mol. The van der Waals surface area contributed by atoms with Crippen molar-refractivity contribution in [2.24, 2.45) is 0 Å². The lowest BCUT2D eigenvalue weighted by atomic mass is 10.1. The number of carbonyl (C=O) groups excluding carboxylic acids is 3. The van der Waals surface area contributed by atoms with E-state index < -0.39 is 42.0 Å². The van der Waals surface area contributed by atoms with Crippen molar-refractivity contribution < 1.29 is 29.4 Å². The highest BCUT2D eigenvalue weighted by Crippen LogP contribution is 2.05. The van der Waals surface area contributed by atoms with E-state index in [1.54, 1.807) is 0 Å². The zero-order chi connectivity index (χ0) is 19.1. The quantitative estimate of drug-likeness (QED) is 0.285. The lowest BCUT2D eigenvalue weighted by Crippen LogP contribution is -2.58. The molecule has 1 aliphatic heterocycles. The highest BCUT2D eigenvalue weighted by atomic mass is 16.4. The fraction of sp³-hybridized carbons (Fsp3) is 0.733. The Labute approximate surface area is 145 Å². The maximum atomic E-state index is 12.2. The fourth-order valence-electron chi connectivity index (χ4n) is 2.34. The molecule has 10 heteroatoms. The van der Waals surface area contributed by atoms with E-state index in [0.29, 0.717) is 6.42 Å². The number of aliphatic hydroxyl groups is 1. The number of hydrogen-bond donors (Lipinski definition) is 6. The molecule has 10 nitrogen and oxygen atoms in total. The minimum atomic E-state index is -1.33. The van der Waals surface area contributed by atoms with E-state index in [1.165, 1.54) is 20.8 Å². The van der Waals surface area contributed by atoms with Gasteiger partial charge < -0.3 is 31.5 Å². The van der Waals surface area contributed by atoms with E-state index in [-0.39, 0.29) is 11.9 Å². The molecule has 0 spiro atoms. The van der Waals surface area contributed by atoms with Gasteiger partial charge in [0, 0.05) is 0 Å². The van der Waals surface area contributed by atoms with Crippen molar-refractivity contribution in [3.05, 3.63) is 0 Å². The summed E-state index contributed by atoms with van der Waals surface area (Å²) in [5.41, 5.74) is 0. The second kappa shape index (κ2) is 9.33. The van der Waals surface area contributed by atoms with Gasteiger partial charge in [0.05, 0.1) is 12.1 Å². The molecule has 0 aromatic carbocycles. The molecule has 3 amide bonds. The molecule has 5 atom stereocenters. The van der Waals surface area contributed by atoms with Crippen LogP contribution < -0.4 is 21.3 Å². The molecule has 0 bridgehead atoms. The topological polar surface area (TPSA) is 157 Å². The van der Waals surface area contributed by atoms with Crippen molar-refractivity contribution in [2.45, 2.75) is 63.9 Å². The minimum Gasteiger partial charge on any atom is -0.480 e. The lowest BCUT2D eigenvalue weighted by Gasteiger charge is -2.24. The van der Waals surface area contributed by atoms with E-state index >= 15 is 0 Å². The first-order valence-electron chi connectivity index (χ1n) is 8.18. The lowest BCUT2D eigenvalue weighted by molar-refractivity contribution is -0.142. The Kier molecular flexibility index (Phi) is 7.78. The summed E-state index contributed by atoms with van der Waals surface area (Å²) in [5, 5.41) is 28.6. The summed E-state index contributed by atoms with van der Waals surface area (Å²) in [7, 11) is 0. The van der Waals surface area contributed by atoms with Gasteiger partial charge in [0.1, 0.15) is 18.1 Å². The molecule has 25 heavy (non-hydrogen) atoms. The molecule has 6 N–H and O–H groups in total. The van der Waals surface area contributed by atoms with Crippen LogP contribution in [0.1, 0.15) is 33.6 Å². The first kappa shape index (κ1) is 20.8. The molecule has 0 saturated carbocycles. The van der Waals surface area contributed by atoms with Crippen LogP contribution in [0.15, 0.2) is 0 Å². The maximum Gasteiger partial charge on any atom is 0.325 e. The number of nitrogens with one attached hydrogen (secondary N) is 4. The Morgan fingerprint density at radius 3 is 2.12 bits per heavy atom. The Hall–Kier alpha value is -2.20. The van der Waals surface area contributed by atoms with Crippen LogP contribution >= 0.6 is 0 Å². The summed E-state index contributed by atoms with van der Waals surface area (Å²) in [6.45, 7) is 4.75. The zero-order valence-corrected chi connectivity index (χ0v) is 14.5. The van der Waals surface area contributed by atoms with Crippen LogP contribution in [0.4, 0.5) is 0 Å². The second-order valence-corrected chi connectivity index (χ2v) is 6.17. The summed E-state index contributed by atoms with van der Waals surface area (Å²) in [4.78, 5) is 47.0. The van der Waals surface area contributed by atoms with Gasteiger partial charge in [-0.2, -0.15) is 0 Å². The van der Waals surface area contributed by atoms with Gasteiger partial charge in [-0.25, -0.2) is 0 Å². The van der Waals surface area contributed by atoms with Gasteiger partial charge >= 0.3 is 5.97 Å². The molecule has 0 radical (unpaired) electrons. The van der Waals surface area contributed by atoms with Gasteiger partial charge in [0.25, 0.3) is 0 Å². The largest absolute Gasteiger partial charge is 0.480 e. The predicted octanol–water partition coefficient (Wildman–Crippen LogP) is -2.30. The van der Waals surface area contributed by atoms with Gasteiger partial charge in [-0.15, -0.1) is 0 Å². The zero-order valence-electron chi connectivity index (χ0n) is 14.5. The molecule has 1 heterocycles. The molecule has 1 rings (SSSR count). The number of carboxylic acid groups (broad SMARTS) is 1. The highest BCUT2D eigenvalue weighted by Gasteiger charge is 2.31. The van der Waals surface area contributed by atoms with Crippen LogP contribution in [0, 0.1) is 0 Å². The third kappa shape index (κ3) is 6.31. The van der Waals surface area contributed by atoms with Crippen LogP contribution in [0.5, 0.6) is 0 Å². The monoisotopic (exact) mass is 358 g/mol. The van der Waals surface area contributed by atoms with Gasteiger partial charge in [-0.3, -0.25) is 19.2 Å². The van der Waals surface area contributed by atoms with E-state index in [9.17, 15) is 24.3 Å². The smallest absolute Gasteiger partial charge is 0.325 e. The molecule has 0 aliphatic carbocycles. The van der Waals surface area contributed by atoms with E-state index in [1.807, 2.05) is 0 Å². The fourth-order valence-corrected chi connectivity index (χ4v) is 2.34. The number of hydrogen-bond acceptors (Lipinski definition) is 6. The number of carbonyl (C=O) groups is 4. The van der Waals surface area contributed by atoms with Gasteiger partial charge in [0.2, 0.25) is 17.7 Å². The van der Waals surface area contributed by atoms with Crippen LogP contribution in [0.25, 0.3) is 0 Å². The Morgan fingerprint density at radius 1 is 1.00 bits per heavy atom. The summed E-state index contributed by atoms with van der Waals surface area (Å²) in [6.07, 6.45) is 0.320. The first-order chi connectivity index (χ1) is 11.6. The first-order valence-corrected chi connectivity index (χ1v) is 8.18. The third-order valence-corrected chi connectivity index (χ3v) is 3.92. The molecule has 1 saturated heterocycles. The van der Waals surface area contributed by atoms with Crippen molar-refractivity contribution in [2.75, 3.05) is 6.54 Å². The van der Waals surface area contributed by atoms with Gasteiger partial charge in [0.15, 0.2) is 0 Å². The van der Waals surface area contributed by atoms with Crippen LogP contribution in [0.3, 0.4) is 0 Å². The van der Waals surface area contributed by atoms with E-state index in [0.717, 1.165) is 13.0 Å². The molecule has 1 fully saturated rings. The molecule has 0 aromatic heterocycles.